The Hall–Kier alpha value is -2.62. The van der Waals surface area contributed by atoms with E-state index >= 15 is 0 Å². The maximum Gasteiger partial charge on any atom is 0.313 e. The first-order valence-corrected chi connectivity index (χ1v) is 8.22. The van der Waals surface area contributed by atoms with Gasteiger partial charge < -0.3 is 10.6 Å². The van der Waals surface area contributed by atoms with E-state index in [-0.39, 0.29) is 11.8 Å². The summed E-state index contributed by atoms with van der Waals surface area (Å²) in [6, 6.07) is 17.4. The molecule has 4 heteroatoms. The van der Waals surface area contributed by atoms with Gasteiger partial charge in [0, 0.05) is 12.2 Å². The van der Waals surface area contributed by atoms with Crippen LogP contribution in [0.2, 0.25) is 0 Å². The number of hydrogen-bond donors (Lipinski definition) is 2. The van der Waals surface area contributed by atoms with Crippen molar-refractivity contribution in [3.05, 3.63) is 65.7 Å². The van der Waals surface area contributed by atoms with Crippen molar-refractivity contribution in [3.63, 3.8) is 0 Å². The lowest BCUT2D eigenvalue weighted by Crippen LogP contribution is -2.37. The number of hydrogen-bond acceptors (Lipinski definition) is 2. The average molecular weight is 324 g/mol. The van der Waals surface area contributed by atoms with Crippen LogP contribution in [-0.4, -0.2) is 18.4 Å². The van der Waals surface area contributed by atoms with Gasteiger partial charge in [-0.05, 0) is 29.0 Å². The smallest absolute Gasteiger partial charge is 0.313 e. The second kappa shape index (κ2) is 8.29. The summed E-state index contributed by atoms with van der Waals surface area (Å²) in [5.74, 6) is -0.840. The summed E-state index contributed by atoms with van der Waals surface area (Å²) >= 11 is 0. The Morgan fingerprint density at radius 2 is 1.50 bits per heavy atom. The molecule has 4 nitrogen and oxygen atoms in total. The van der Waals surface area contributed by atoms with Crippen molar-refractivity contribution in [1.82, 2.24) is 5.32 Å². The number of nitrogens with one attached hydrogen (secondary N) is 2. The van der Waals surface area contributed by atoms with Crippen LogP contribution in [0.5, 0.6) is 0 Å². The molecule has 1 atom stereocenters. The summed E-state index contributed by atoms with van der Waals surface area (Å²) in [6.45, 7) is 6.53. The lowest BCUT2D eigenvalue weighted by Gasteiger charge is -2.15. The van der Waals surface area contributed by atoms with Gasteiger partial charge in [0.1, 0.15) is 0 Å². The summed E-state index contributed by atoms with van der Waals surface area (Å²) in [7, 11) is 0. The summed E-state index contributed by atoms with van der Waals surface area (Å²) in [5, 5.41) is 5.40. The molecule has 2 amide bonds. The molecular weight excluding hydrogens is 300 g/mol. The fraction of sp³-hybridized carbons (Fsp3) is 0.300. The van der Waals surface area contributed by atoms with E-state index in [1.54, 1.807) is 0 Å². The van der Waals surface area contributed by atoms with Crippen molar-refractivity contribution < 1.29 is 9.59 Å². The highest BCUT2D eigenvalue weighted by molar-refractivity contribution is 6.39. The molecule has 126 valence electrons. The minimum absolute atomic E-state index is 0.144. The predicted molar refractivity (Wildman–Crippen MR) is 97.0 cm³/mol. The minimum Gasteiger partial charge on any atom is -0.347 e. The minimum atomic E-state index is -0.636. The molecule has 0 fully saturated rings. The summed E-state index contributed by atoms with van der Waals surface area (Å²) in [6.07, 6.45) is 0. The highest BCUT2D eigenvalue weighted by atomic mass is 16.2. The molecule has 24 heavy (non-hydrogen) atoms. The van der Waals surface area contributed by atoms with E-state index < -0.39 is 11.8 Å². The van der Waals surface area contributed by atoms with Crippen LogP contribution in [-0.2, 0) is 9.59 Å². The normalized spacial score (nSPS) is 11.8. The van der Waals surface area contributed by atoms with Crippen LogP contribution >= 0.6 is 0 Å². The third-order valence-corrected chi connectivity index (χ3v) is 3.97. The van der Waals surface area contributed by atoms with E-state index in [1.807, 2.05) is 75.4 Å². The first kappa shape index (κ1) is 17.7. The van der Waals surface area contributed by atoms with Crippen LogP contribution in [0.1, 0.15) is 43.7 Å². The molecule has 2 aromatic rings. The molecule has 0 bridgehead atoms. The molecular formula is C20H24N2O2. The van der Waals surface area contributed by atoms with Crippen LogP contribution in [0, 0.1) is 0 Å². The Kier molecular flexibility index (Phi) is 6.13. The number of amides is 2. The monoisotopic (exact) mass is 324 g/mol. The second-order valence-electron chi connectivity index (χ2n) is 6.22. The van der Waals surface area contributed by atoms with Crippen LogP contribution in [0.15, 0.2) is 54.6 Å². The number of carbonyl (C=O) groups is 2. The molecule has 2 aromatic carbocycles. The van der Waals surface area contributed by atoms with Gasteiger partial charge in [0.15, 0.2) is 0 Å². The SMILES string of the molecule is CC(C)c1ccccc1NC(=O)C(=O)NC[C@@H](C)c1ccccc1. The van der Waals surface area contributed by atoms with Gasteiger partial charge in [-0.1, -0.05) is 69.3 Å². The zero-order valence-electron chi connectivity index (χ0n) is 14.4. The van der Waals surface area contributed by atoms with Crippen molar-refractivity contribution in [2.75, 3.05) is 11.9 Å². The van der Waals surface area contributed by atoms with Crippen molar-refractivity contribution in [2.45, 2.75) is 32.6 Å². The molecule has 0 unspecified atom stereocenters. The highest BCUT2D eigenvalue weighted by Crippen LogP contribution is 2.23. The Bertz CT molecular complexity index is 696. The first-order chi connectivity index (χ1) is 11.5. The van der Waals surface area contributed by atoms with E-state index in [0.29, 0.717) is 12.2 Å². The molecule has 0 saturated heterocycles. The van der Waals surface area contributed by atoms with Crippen LogP contribution in [0.25, 0.3) is 0 Å². The van der Waals surface area contributed by atoms with Crippen LogP contribution in [0.3, 0.4) is 0 Å². The van der Waals surface area contributed by atoms with Gasteiger partial charge in [-0.2, -0.15) is 0 Å². The van der Waals surface area contributed by atoms with Crippen LogP contribution < -0.4 is 10.6 Å². The van der Waals surface area contributed by atoms with Crippen molar-refractivity contribution in [3.8, 4) is 0 Å². The zero-order valence-corrected chi connectivity index (χ0v) is 14.4. The fourth-order valence-electron chi connectivity index (χ4n) is 2.52. The number of carbonyl (C=O) groups excluding carboxylic acids is 2. The van der Waals surface area contributed by atoms with Crippen molar-refractivity contribution in [1.29, 1.82) is 0 Å². The van der Waals surface area contributed by atoms with Crippen LogP contribution in [0.4, 0.5) is 5.69 Å². The Morgan fingerprint density at radius 1 is 0.875 bits per heavy atom. The quantitative estimate of drug-likeness (QED) is 0.825. The number of benzene rings is 2. The average Bonchev–Trinajstić information content (AvgIpc) is 2.60. The molecule has 0 aliphatic carbocycles. The van der Waals surface area contributed by atoms with Gasteiger partial charge in [-0.3, -0.25) is 9.59 Å². The van der Waals surface area contributed by atoms with E-state index in [1.165, 1.54) is 0 Å². The maximum atomic E-state index is 12.1. The van der Waals surface area contributed by atoms with Gasteiger partial charge in [-0.15, -0.1) is 0 Å². The summed E-state index contributed by atoms with van der Waals surface area (Å²) in [4.78, 5) is 24.2. The maximum absolute atomic E-state index is 12.1. The zero-order chi connectivity index (χ0) is 17.5. The lowest BCUT2D eigenvalue weighted by molar-refractivity contribution is -0.136. The van der Waals surface area contributed by atoms with E-state index in [9.17, 15) is 9.59 Å². The summed E-state index contributed by atoms with van der Waals surface area (Å²) < 4.78 is 0. The molecule has 0 saturated carbocycles. The number of para-hydroxylation sites is 1. The third kappa shape index (κ3) is 4.69. The molecule has 0 aromatic heterocycles. The molecule has 2 rings (SSSR count). The standard InChI is InChI=1S/C20H24N2O2/c1-14(2)17-11-7-8-12-18(17)22-20(24)19(23)21-13-15(3)16-9-5-4-6-10-16/h4-12,14-15H,13H2,1-3H3,(H,21,23)(H,22,24)/t15-/m1/s1. The Labute approximate surface area is 143 Å². The predicted octanol–water partition coefficient (Wildman–Crippen LogP) is 3.67. The Balaban J connectivity index is 1.92. The molecule has 2 N–H and O–H groups in total. The molecule has 0 heterocycles. The largest absolute Gasteiger partial charge is 0.347 e. The first-order valence-electron chi connectivity index (χ1n) is 8.22. The van der Waals surface area contributed by atoms with E-state index in [0.717, 1.165) is 11.1 Å². The fourth-order valence-corrected chi connectivity index (χ4v) is 2.52. The highest BCUT2D eigenvalue weighted by Gasteiger charge is 2.17. The Morgan fingerprint density at radius 3 is 2.17 bits per heavy atom. The molecule has 0 spiro atoms. The topological polar surface area (TPSA) is 58.2 Å². The molecule has 0 aliphatic rings. The van der Waals surface area contributed by atoms with Gasteiger partial charge in [-0.25, -0.2) is 0 Å². The van der Waals surface area contributed by atoms with Crippen molar-refractivity contribution >= 4 is 17.5 Å². The second-order valence-corrected chi connectivity index (χ2v) is 6.22. The van der Waals surface area contributed by atoms with Gasteiger partial charge >= 0.3 is 11.8 Å². The third-order valence-electron chi connectivity index (χ3n) is 3.97. The lowest BCUT2D eigenvalue weighted by atomic mass is 10.0. The molecule has 0 radical (unpaired) electrons. The van der Waals surface area contributed by atoms with E-state index in [4.69, 9.17) is 0 Å². The van der Waals surface area contributed by atoms with Gasteiger partial charge in [0.2, 0.25) is 0 Å². The van der Waals surface area contributed by atoms with Gasteiger partial charge in [0.25, 0.3) is 0 Å². The van der Waals surface area contributed by atoms with E-state index in [2.05, 4.69) is 10.6 Å². The number of anilines is 1. The van der Waals surface area contributed by atoms with Crippen molar-refractivity contribution in [2.24, 2.45) is 0 Å². The number of rotatable bonds is 5. The summed E-state index contributed by atoms with van der Waals surface area (Å²) in [5.41, 5.74) is 2.82. The van der Waals surface area contributed by atoms with Gasteiger partial charge in [0.05, 0.1) is 0 Å². The molecule has 0 aliphatic heterocycles.